The molecule has 0 bridgehead atoms. The van der Waals surface area contributed by atoms with E-state index in [0.29, 0.717) is 0 Å². The van der Waals surface area contributed by atoms with E-state index in [-0.39, 0.29) is 0 Å². The lowest BCUT2D eigenvalue weighted by Gasteiger charge is -2.05. The van der Waals surface area contributed by atoms with Crippen LogP contribution in [0.15, 0.2) is 23.6 Å². The minimum Gasteiger partial charge on any atom is -0.496 e. The molecule has 0 fully saturated rings. The van der Waals surface area contributed by atoms with Crippen LogP contribution in [0.3, 0.4) is 0 Å². The van der Waals surface area contributed by atoms with Crippen LogP contribution >= 0.6 is 11.3 Å². The summed E-state index contributed by atoms with van der Waals surface area (Å²) in [5.41, 5.74) is 3.38. The van der Waals surface area contributed by atoms with Gasteiger partial charge in [0.15, 0.2) is 0 Å². The second kappa shape index (κ2) is 8.91. The molecule has 0 amide bonds. The largest absolute Gasteiger partial charge is 0.496 e. The Kier molecular flexibility index (Phi) is 6.87. The van der Waals surface area contributed by atoms with Crippen LogP contribution in [0.1, 0.15) is 36.8 Å². The van der Waals surface area contributed by atoms with Crippen LogP contribution in [0.4, 0.5) is 0 Å². The minimum atomic E-state index is 0.926. The average Bonchev–Trinajstić information content (AvgIpc) is 2.99. The molecule has 4 heteroatoms. The van der Waals surface area contributed by atoms with Crippen LogP contribution in [-0.4, -0.2) is 25.2 Å². The fourth-order valence-corrected chi connectivity index (χ4v) is 3.22. The first kappa shape index (κ1) is 17.0. The number of aryl methyl sites for hydroxylation is 1. The lowest BCUT2D eigenvalue weighted by molar-refractivity contribution is 0.412. The Morgan fingerprint density at radius 2 is 2.09 bits per heavy atom. The summed E-state index contributed by atoms with van der Waals surface area (Å²) in [5, 5.41) is 6.84. The summed E-state index contributed by atoms with van der Waals surface area (Å²) in [6, 6.07) is 6.23. The highest BCUT2D eigenvalue weighted by Gasteiger charge is 2.06. The van der Waals surface area contributed by atoms with Gasteiger partial charge in [0.05, 0.1) is 17.8 Å². The maximum atomic E-state index is 5.31. The number of hydrogen-bond acceptors (Lipinski definition) is 4. The van der Waals surface area contributed by atoms with Crippen molar-refractivity contribution < 1.29 is 4.74 Å². The molecule has 22 heavy (non-hydrogen) atoms. The third-order valence-electron chi connectivity index (χ3n) is 3.72. The molecule has 1 heterocycles. The molecule has 0 atom stereocenters. The number of benzene rings is 1. The summed E-state index contributed by atoms with van der Waals surface area (Å²) in [5.74, 6) is 0.926. The highest BCUT2D eigenvalue weighted by molar-refractivity contribution is 7.09. The summed E-state index contributed by atoms with van der Waals surface area (Å²) in [4.78, 5) is 4.75. The quantitative estimate of drug-likeness (QED) is 0.694. The lowest BCUT2D eigenvalue weighted by Crippen LogP contribution is -2.18. The van der Waals surface area contributed by atoms with Crippen LogP contribution in [0, 0.1) is 6.92 Å². The van der Waals surface area contributed by atoms with Crippen LogP contribution in [0.2, 0.25) is 0 Å². The van der Waals surface area contributed by atoms with Gasteiger partial charge in [-0.1, -0.05) is 19.8 Å². The van der Waals surface area contributed by atoms with E-state index in [4.69, 9.17) is 9.72 Å². The number of hydrogen-bond donors (Lipinski definition) is 1. The van der Waals surface area contributed by atoms with Crippen molar-refractivity contribution in [1.82, 2.24) is 10.3 Å². The molecular formula is C18H26N2OS. The zero-order valence-corrected chi connectivity index (χ0v) is 14.6. The van der Waals surface area contributed by atoms with Gasteiger partial charge in [-0.25, -0.2) is 4.98 Å². The van der Waals surface area contributed by atoms with Crippen molar-refractivity contribution in [2.75, 3.05) is 20.2 Å². The van der Waals surface area contributed by atoms with Crippen molar-refractivity contribution in [3.8, 4) is 17.0 Å². The van der Waals surface area contributed by atoms with Gasteiger partial charge in [-0.3, -0.25) is 0 Å². The van der Waals surface area contributed by atoms with Gasteiger partial charge in [0.25, 0.3) is 0 Å². The first-order valence-electron chi connectivity index (χ1n) is 8.04. The molecule has 1 aromatic heterocycles. The van der Waals surface area contributed by atoms with E-state index in [0.717, 1.165) is 42.1 Å². The first-order chi connectivity index (χ1) is 10.7. The first-order valence-corrected chi connectivity index (χ1v) is 8.92. The molecule has 2 rings (SSSR count). The van der Waals surface area contributed by atoms with Crippen LogP contribution < -0.4 is 10.1 Å². The van der Waals surface area contributed by atoms with E-state index in [9.17, 15) is 0 Å². The molecule has 0 aliphatic carbocycles. The lowest BCUT2D eigenvalue weighted by atomic mass is 10.1. The second-order valence-corrected chi connectivity index (χ2v) is 6.46. The van der Waals surface area contributed by atoms with Crippen molar-refractivity contribution in [2.45, 2.75) is 39.5 Å². The Bertz CT molecular complexity index is 580. The molecule has 0 spiro atoms. The highest BCUT2D eigenvalue weighted by atomic mass is 32.1. The minimum absolute atomic E-state index is 0.926. The summed E-state index contributed by atoms with van der Waals surface area (Å²) < 4.78 is 5.31. The van der Waals surface area contributed by atoms with E-state index in [1.54, 1.807) is 18.4 Å². The average molecular weight is 318 g/mol. The van der Waals surface area contributed by atoms with Crippen molar-refractivity contribution in [1.29, 1.82) is 0 Å². The topological polar surface area (TPSA) is 34.2 Å². The molecule has 0 radical (unpaired) electrons. The van der Waals surface area contributed by atoms with Crippen molar-refractivity contribution in [3.63, 3.8) is 0 Å². The predicted molar refractivity (Wildman–Crippen MR) is 94.9 cm³/mol. The van der Waals surface area contributed by atoms with Gasteiger partial charge >= 0.3 is 0 Å². The predicted octanol–water partition coefficient (Wildman–Crippen LogP) is 4.45. The highest BCUT2D eigenvalue weighted by Crippen LogP contribution is 2.27. The molecule has 0 aliphatic heterocycles. The van der Waals surface area contributed by atoms with E-state index in [2.05, 4.69) is 36.7 Å². The smallest absolute Gasteiger partial charge is 0.121 e. The molecule has 2 aromatic rings. The van der Waals surface area contributed by atoms with Crippen molar-refractivity contribution >= 4 is 11.3 Å². The van der Waals surface area contributed by atoms with Crippen LogP contribution in [-0.2, 0) is 6.42 Å². The maximum Gasteiger partial charge on any atom is 0.121 e. The summed E-state index contributed by atoms with van der Waals surface area (Å²) in [6.45, 7) is 6.43. The number of aromatic nitrogens is 1. The maximum absolute atomic E-state index is 5.31. The third kappa shape index (κ3) is 4.82. The molecule has 1 N–H and O–H groups in total. The number of nitrogens with one attached hydrogen (secondary N) is 1. The molecule has 0 unspecified atom stereocenters. The Morgan fingerprint density at radius 1 is 1.23 bits per heavy atom. The number of methoxy groups -OCH3 is 1. The SMILES string of the molecule is CCCCCNCCc1nc(-c2ccc(OC)c(C)c2)cs1. The molecule has 3 nitrogen and oxygen atoms in total. The summed E-state index contributed by atoms with van der Waals surface area (Å²) in [7, 11) is 1.70. The third-order valence-corrected chi connectivity index (χ3v) is 4.62. The van der Waals surface area contributed by atoms with Crippen molar-refractivity contribution in [3.05, 3.63) is 34.2 Å². The Morgan fingerprint density at radius 3 is 2.82 bits per heavy atom. The van der Waals surface area contributed by atoms with E-state index >= 15 is 0 Å². The fourth-order valence-electron chi connectivity index (χ4n) is 2.42. The van der Waals surface area contributed by atoms with Gasteiger partial charge in [-0.15, -0.1) is 11.3 Å². The van der Waals surface area contributed by atoms with Crippen molar-refractivity contribution in [2.24, 2.45) is 0 Å². The van der Waals surface area contributed by atoms with Gasteiger partial charge in [-0.2, -0.15) is 0 Å². The van der Waals surface area contributed by atoms with E-state index in [1.807, 2.05) is 6.07 Å². The monoisotopic (exact) mass is 318 g/mol. The molecular weight excluding hydrogens is 292 g/mol. The van der Waals surface area contributed by atoms with Gasteiger partial charge in [-0.05, 0) is 43.7 Å². The van der Waals surface area contributed by atoms with Gasteiger partial charge in [0, 0.05) is 23.9 Å². The molecule has 0 aliphatic rings. The fraction of sp³-hybridized carbons (Fsp3) is 0.500. The normalized spacial score (nSPS) is 10.9. The number of unbranched alkanes of at least 4 members (excludes halogenated alkanes) is 2. The number of thiazole rings is 1. The summed E-state index contributed by atoms with van der Waals surface area (Å²) >= 11 is 1.75. The van der Waals surface area contributed by atoms with Gasteiger partial charge in [0.2, 0.25) is 0 Å². The standard InChI is InChI=1S/C18H26N2OS/c1-4-5-6-10-19-11-9-18-20-16(13-22-18)15-7-8-17(21-3)14(2)12-15/h7-8,12-13,19H,4-6,9-11H2,1-3H3. The van der Waals surface area contributed by atoms with Gasteiger partial charge in [0.1, 0.15) is 5.75 Å². The molecule has 120 valence electrons. The molecule has 0 saturated carbocycles. The Hall–Kier alpha value is -1.39. The second-order valence-electron chi connectivity index (χ2n) is 5.52. The molecule has 1 aromatic carbocycles. The van der Waals surface area contributed by atoms with Crippen LogP contribution in [0.5, 0.6) is 5.75 Å². The zero-order valence-electron chi connectivity index (χ0n) is 13.8. The number of rotatable bonds is 9. The Balaban J connectivity index is 1.87. The summed E-state index contributed by atoms with van der Waals surface area (Å²) in [6.07, 6.45) is 4.86. The Labute approximate surface area is 137 Å². The number of nitrogens with zero attached hydrogens (tertiary/aromatic N) is 1. The number of ether oxygens (including phenoxy) is 1. The van der Waals surface area contributed by atoms with Crippen LogP contribution in [0.25, 0.3) is 11.3 Å². The van der Waals surface area contributed by atoms with E-state index < -0.39 is 0 Å². The zero-order chi connectivity index (χ0) is 15.8. The van der Waals surface area contributed by atoms with Gasteiger partial charge < -0.3 is 10.1 Å². The molecule has 0 saturated heterocycles. The van der Waals surface area contributed by atoms with E-state index in [1.165, 1.54) is 24.3 Å².